The minimum Gasteiger partial charge on any atom is -0.352 e. The Morgan fingerprint density at radius 2 is 2.00 bits per heavy atom. The molecule has 0 spiro atoms. The number of halogens is 1. The lowest BCUT2D eigenvalue weighted by molar-refractivity contribution is 0.0955. The van der Waals surface area contributed by atoms with Gasteiger partial charge in [-0.15, -0.1) is 0 Å². The topological polar surface area (TPSA) is 34.0 Å². The van der Waals surface area contributed by atoms with Crippen molar-refractivity contribution in [3.8, 4) is 0 Å². The van der Waals surface area contributed by atoms with Crippen LogP contribution < -0.4 is 5.32 Å². The first-order chi connectivity index (χ1) is 10.6. The van der Waals surface area contributed by atoms with Crippen molar-refractivity contribution in [2.75, 3.05) is 6.54 Å². The van der Waals surface area contributed by atoms with E-state index in [-0.39, 0.29) is 5.91 Å². The molecule has 0 aliphatic carbocycles. The van der Waals surface area contributed by atoms with E-state index in [4.69, 9.17) is 11.6 Å². The van der Waals surface area contributed by atoms with Crippen LogP contribution in [0.3, 0.4) is 0 Å². The SMILES string of the molecule is Cn1cc(C(=O)NCCc2cccc(Cl)c2)c2ccccc21. The number of aryl methyl sites for hydroxylation is 1. The third-order valence-electron chi connectivity index (χ3n) is 3.73. The zero-order valence-corrected chi connectivity index (χ0v) is 13.1. The summed E-state index contributed by atoms with van der Waals surface area (Å²) in [5.41, 5.74) is 2.89. The van der Waals surface area contributed by atoms with Crippen LogP contribution in [0, 0.1) is 0 Å². The van der Waals surface area contributed by atoms with Gasteiger partial charge >= 0.3 is 0 Å². The smallest absolute Gasteiger partial charge is 0.253 e. The Kier molecular flexibility index (Phi) is 4.16. The fraction of sp³-hybridized carbons (Fsp3) is 0.167. The Morgan fingerprint density at radius 1 is 1.18 bits per heavy atom. The third kappa shape index (κ3) is 3.00. The maximum Gasteiger partial charge on any atom is 0.253 e. The van der Waals surface area contributed by atoms with E-state index >= 15 is 0 Å². The average molecular weight is 313 g/mol. The molecule has 0 atom stereocenters. The van der Waals surface area contributed by atoms with Gasteiger partial charge in [0.05, 0.1) is 5.56 Å². The normalized spacial score (nSPS) is 10.8. The van der Waals surface area contributed by atoms with E-state index in [2.05, 4.69) is 5.32 Å². The zero-order valence-electron chi connectivity index (χ0n) is 12.3. The number of hydrogen-bond donors (Lipinski definition) is 1. The molecule has 1 N–H and O–H groups in total. The zero-order chi connectivity index (χ0) is 15.5. The largest absolute Gasteiger partial charge is 0.352 e. The second-order valence-corrected chi connectivity index (χ2v) is 5.74. The molecule has 3 aromatic rings. The van der Waals surface area contributed by atoms with E-state index in [1.54, 1.807) is 0 Å². The van der Waals surface area contributed by atoms with Crippen LogP contribution in [0.1, 0.15) is 15.9 Å². The molecular formula is C18H17ClN2O. The number of hydrogen-bond acceptors (Lipinski definition) is 1. The molecule has 4 heteroatoms. The summed E-state index contributed by atoms with van der Waals surface area (Å²) in [5.74, 6) is -0.0428. The van der Waals surface area contributed by atoms with E-state index in [0.29, 0.717) is 12.1 Å². The number of nitrogens with zero attached hydrogens (tertiary/aromatic N) is 1. The molecule has 112 valence electrons. The molecule has 0 saturated carbocycles. The average Bonchev–Trinajstić information content (AvgIpc) is 2.85. The van der Waals surface area contributed by atoms with E-state index in [0.717, 1.165) is 27.9 Å². The quantitative estimate of drug-likeness (QED) is 0.781. The van der Waals surface area contributed by atoms with Crippen LogP contribution in [0.5, 0.6) is 0 Å². The lowest BCUT2D eigenvalue weighted by Crippen LogP contribution is -2.25. The second-order valence-electron chi connectivity index (χ2n) is 5.31. The van der Waals surface area contributed by atoms with Gasteiger partial charge in [0.15, 0.2) is 0 Å². The van der Waals surface area contributed by atoms with Crippen molar-refractivity contribution in [1.82, 2.24) is 9.88 Å². The molecule has 0 saturated heterocycles. The Bertz CT molecular complexity index is 823. The van der Waals surface area contributed by atoms with E-state index in [9.17, 15) is 4.79 Å². The van der Waals surface area contributed by atoms with Gasteiger partial charge in [0.1, 0.15) is 0 Å². The van der Waals surface area contributed by atoms with Gasteiger partial charge in [0.25, 0.3) is 5.91 Å². The summed E-state index contributed by atoms with van der Waals surface area (Å²) in [6.07, 6.45) is 2.64. The minimum absolute atomic E-state index is 0.0428. The molecule has 2 aromatic carbocycles. The van der Waals surface area contributed by atoms with Crippen molar-refractivity contribution in [2.45, 2.75) is 6.42 Å². The maximum atomic E-state index is 12.4. The molecule has 0 fully saturated rings. The van der Waals surface area contributed by atoms with Crippen molar-refractivity contribution in [3.05, 3.63) is 70.9 Å². The van der Waals surface area contributed by atoms with E-state index < -0.39 is 0 Å². The van der Waals surface area contributed by atoms with Crippen molar-refractivity contribution >= 4 is 28.4 Å². The lowest BCUT2D eigenvalue weighted by atomic mass is 10.1. The number of aromatic nitrogens is 1. The van der Waals surface area contributed by atoms with E-state index in [1.807, 2.05) is 66.3 Å². The predicted octanol–water partition coefficient (Wildman–Crippen LogP) is 3.80. The predicted molar refractivity (Wildman–Crippen MR) is 90.4 cm³/mol. The Labute approximate surface area is 134 Å². The fourth-order valence-electron chi connectivity index (χ4n) is 2.63. The van der Waals surface area contributed by atoms with Crippen LogP contribution >= 0.6 is 11.6 Å². The second kappa shape index (κ2) is 6.24. The summed E-state index contributed by atoms with van der Waals surface area (Å²) in [6, 6.07) is 15.6. The number of carbonyl (C=O) groups excluding carboxylic acids is 1. The van der Waals surface area contributed by atoms with Crippen molar-refractivity contribution in [1.29, 1.82) is 0 Å². The number of fused-ring (bicyclic) bond motifs is 1. The van der Waals surface area contributed by atoms with Gasteiger partial charge in [0.2, 0.25) is 0 Å². The molecule has 0 aliphatic rings. The van der Waals surface area contributed by atoms with Crippen molar-refractivity contribution in [3.63, 3.8) is 0 Å². The molecule has 0 bridgehead atoms. The van der Waals surface area contributed by atoms with Gasteiger partial charge in [-0.1, -0.05) is 41.9 Å². The van der Waals surface area contributed by atoms with Crippen LogP contribution in [-0.4, -0.2) is 17.0 Å². The van der Waals surface area contributed by atoms with Gasteiger partial charge in [-0.25, -0.2) is 0 Å². The highest BCUT2D eigenvalue weighted by Gasteiger charge is 2.12. The number of carbonyl (C=O) groups is 1. The molecule has 1 amide bonds. The standard InChI is InChI=1S/C18H17ClN2O/c1-21-12-16(15-7-2-3-8-17(15)21)18(22)20-10-9-13-5-4-6-14(19)11-13/h2-8,11-12H,9-10H2,1H3,(H,20,22). The van der Waals surface area contributed by atoms with Crippen LogP contribution in [-0.2, 0) is 13.5 Å². The van der Waals surface area contributed by atoms with Crippen molar-refractivity contribution < 1.29 is 4.79 Å². The lowest BCUT2D eigenvalue weighted by Gasteiger charge is -2.05. The van der Waals surface area contributed by atoms with Crippen molar-refractivity contribution in [2.24, 2.45) is 7.05 Å². The molecule has 1 aromatic heterocycles. The number of amides is 1. The van der Waals surface area contributed by atoms with Gasteiger partial charge in [-0.3, -0.25) is 4.79 Å². The highest BCUT2D eigenvalue weighted by molar-refractivity contribution is 6.30. The Morgan fingerprint density at radius 3 is 2.82 bits per heavy atom. The number of benzene rings is 2. The van der Waals surface area contributed by atoms with Gasteiger partial charge in [-0.05, 0) is 30.2 Å². The van der Waals surface area contributed by atoms with Gasteiger partial charge < -0.3 is 9.88 Å². The van der Waals surface area contributed by atoms with Gasteiger partial charge in [-0.2, -0.15) is 0 Å². The van der Waals surface area contributed by atoms with Crippen LogP contribution in [0.15, 0.2) is 54.7 Å². The minimum atomic E-state index is -0.0428. The summed E-state index contributed by atoms with van der Waals surface area (Å²) in [5, 5.41) is 4.67. The Hall–Kier alpha value is -2.26. The summed E-state index contributed by atoms with van der Waals surface area (Å²) < 4.78 is 1.97. The Balaban J connectivity index is 1.69. The molecule has 22 heavy (non-hydrogen) atoms. The number of rotatable bonds is 4. The molecule has 3 nitrogen and oxygen atoms in total. The molecular weight excluding hydrogens is 296 g/mol. The molecule has 0 aliphatic heterocycles. The summed E-state index contributed by atoms with van der Waals surface area (Å²) >= 11 is 5.96. The maximum absolute atomic E-state index is 12.4. The monoisotopic (exact) mass is 312 g/mol. The first-order valence-electron chi connectivity index (χ1n) is 7.22. The molecule has 0 unspecified atom stereocenters. The number of nitrogens with one attached hydrogen (secondary N) is 1. The van der Waals surface area contributed by atoms with Crippen LogP contribution in [0.4, 0.5) is 0 Å². The summed E-state index contributed by atoms with van der Waals surface area (Å²) in [7, 11) is 1.95. The van der Waals surface area contributed by atoms with Crippen LogP contribution in [0.2, 0.25) is 5.02 Å². The van der Waals surface area contributed by atoms with Gasteiger partial charge in [0, 0.05) is 35.7 Å². The molecule has 1 heterocycles. The summed E-state index contributed by atoms with van der Waals surface area (Å²) in [6.45, 7) is 0.586. The molecule has 0 radical (unpaired) electrons. The van der Waals surface area contributed by atoms with Crippen LogP contribution in [0.25, 0.3) is 10.9 Å². The highest BCUT2D eigenvalue weighted by Crippen LogP contribution is 2.20. The fourth-order valence-corrected chi connectivity index (χ4v) is 2.84. The molecule has 3 rings (SSSR count). The first-order valence-corrected chi connectivity index (χ1v) is 7.59. The summed E-state index contributed by atoms with van der Waals surface area (Å²) in [4.78, 5) is 12.4. The first kappa shape index (κ1) is 14.7. The highest BCUT2D eigenvalue weighted by atomic mass is 35.5. The van der Waals surface area contributed by atoms with E-state index in [1.165, 1.54) is 0 Å². The third-order valence-corrected chi connectivity index (χ3v) is 3.96. The number of para-hydroxylation sites is 1.